The molecule has 3 aromatic rings. The first kappa shape index (κ1) is 19.3. The first-order chi connectivity index (χ1) is 13.6. The minimum absolute atomic E-state index is 0.0128. The van der Waals surface area contributed by atoms with Gasteiger partial charge in [0.05, 0.1) is 17.5 Å². The van der Waals surface area contributed by atoms with E-state index in [1.165, 1.54) is 46.4 Å². The number of hydrogen-bond acceptors (Lipinski definition) is 5. The topological polar surface area (TPSA) is 46.9 Å². The van der Waals surface area contributed by atoms with Gasteiger partial charge in [-0.1, -0.05) is 47.4 Å². The lowest BCUT2D eigenvalue weighted by atomic mass is 9.88. The molecule has 0 radical (unpaired) electrons. The number of carbonyl (C=O) groups excluding carboxylic acids is 1. The Hall–Kier alpha value is -2.03. The fraction of sp³-hybridized carbons (Fsp3) is 0.250. The molecule has 4 nitrogen and oxygen atoms in total. The van der Waals surface area contributed by atoms with Gasteiger partial charge in [-0.05, 0) is 66.9 Å². The number of hydrogen-bond donors (Lipinski definition) is 1. The molecule has 28 heavy (non-hydrogen) atoms. The number of nitrogens with zero attached hydrogens (tertiary/aromatic N) is 2. The molecular weight excluding hydrogens is 413 g/mol. The summed E-state index contributed by atoms with van der Waals surface area (Å²) in [5.74, 6) is -0.0353. The SMILES string of the molecule is O=C(CSc1nn(-c2ccc(F)cc2)c(=S)s1)N[C@@H]1CCCc2ccccc21. The quantitative estimate of drug-likeness (QED) is 0.452. The normalized spacial score (nSPS) is 15.8. The number of thioether (sulfide) groups is 1. The third-order valence-electron chi connectivity index (χ3n) is 4.63. The number of benzene rings is 2. The molecule has 1 N–H and O–H groups in total. The first-order valence-electron chi connectivity index (χ1n) is 8.96. The third-order valence-corrected chi connectivity index (χ3v) is 7.00. The predicted octanol–water partition coefficient (Wildman–Crippen LogP) is 5.09. The highest BCUT2D eigenvalue weighted by Crippen LogP contribution is 2.30. The van der Waals surface area contributed by atoms with Crippen LogP contribution in [-0.2, 0) is 11.2 Å². The van der Waals surface area contributed by atoms with E-state index in [1.807, 2.05) is 12.1 Å². The number of rotatable bonds is 5. The molecule has 0 unspecified atom stereocenters. The van der Waals surface area contributed by atoms with Crippen LogP contribution in [0.5, 0.6) is 0 Å². The molecule has 0 bridgehead atoms. The summed E-state index contributed by atoms with van der Waals surface area (Å²) in [7, 11) is 0. The molecule has 0 saturated heterocycles. The van der Waals surface area contributed by atoms with E-state index in [2.05, 4.69) is 22.5 Å². The van der Waals surface area contributed by atoms with Crippen molar-refractivity contribution in [2.45, 2.75) is 29.6 Å². The van der Waals surface area contributed by atoms with Crippen molar-refractivity contribution in [3.05, 3.63) is 69.4 Å². The highest BCUT2D eigenvalue weighted by molar-refractivity contribution is 8.01. The maximum atomic E-state index is 13.1. The van der Waals surface area contributed by atoms with Gasteiger partial charge in [-0.15, -0.1) is 5.10 Å². The van der Waals surface area contributed by atoms with E-state index >= 15 is 0 Å². The lowest BCUT2D eigenvalue weighted by Crippen LogP contribution is -2.32. The first-order valence-corrected chi connectivity index (χ1v) is 11.2. The summed E-state index contributed by atoms with van der Waals surface area (Å²) in [6, 6.07) is 14.4. The van der Waals surface area contributed by atoms with Crippen molar-refractivity contribution in [2.24, 2.45) is 0 Å². The van der Waals surface area contributed by atoms with Gasteiger partial charge >= 0.3 is 0 Å². The molecule has 8 heteroatoms. The summed E-state index contributed by atoms with van der Waals surface area (Å²) in [6.45, 7) is 0. The molecule has 1 atom stereocenters. The number of fused-ring (bicyclic) bond motifs is 1. The van der Waals surface area contributed by atoms with E-state index in [4.69, 9.17) is 12.2 Å². The number of aromatic nitrogens is 2. The van der Waals surface area contributed by atoms with Crippen LogP contribution in [0, 0.1) is 9.77 Å². The summed E-state index contributed by atoms with van der Waals surface area (Å²) < 4.78 is 16.0. The lowest BCUT2D eigenvalue weighted by molar-refractivity contribution is -0.119. The van der Waals surface area contributed by atoms with Gasteiger partial charge in [0.15, 0.2) is 8.29 Å². The Morgan fingerprint density at radius 1 is 1.29 bits per heavy atom. The summed E-state index contributed by atoms with van der Waals surface area (Å²) in [5.41, 5.74) is 3.25. The largest absolute Gasteiger partial charge is 0.349 e. The molecule has 0 saturated carbocycles. The maximum Gasteiger partial charge on any atom is 0.230 e. The Kier molecular flexibility index (Phi) is 5.89. The van der Waals surface area contributed by atoms with Gasteiger partial charge in [-0.3, -0.25) is 4.79 Å². The molecule has 1 aliphatic rings. The standard InChI is InChI=1S/C20H18FN3OS3/c21-14-8-10-15(11-9-14)24-20(26)28-19(23-24)27-12-18(25)22-17-7-3-5-13-4-1-2-6-16(13)17/h1-2,4,6,8-11,17H,3,5,7,12H2,(H,22,25)/t17-/m1/s1. The fourth-order valence-electron chi connectivity index (χ4n) is 3.33. The number of aryl methyl sites for hydroxylation is 1. The summed E-state index contributed by atoms with van der Waals surface area (Å²) >= 11 is 8.06. The van der Waals surface area contributed by atoms with Crippen LogP contribution >= 0.6 is 35.3 Å². The van der Waals surface area contributed by atoms with Gasteiger partial charge < -0.3 is 5.32 Å². The smallest absolute Gasteiger partial charge is 0.230 e. The average molecular weight is 432 g/mol. The van der Waals surface area contributed by atoms with Crippen LogP contribution in [-0.4, -0.2) is 21.4 Å². The molecule has 1 aliphatic carbocycles. The summed E-state index contributed by atoms with van der Waals surface area (Å²) in [5, 5.41) is 7.60. The molecule has 144 valence electrons. The number of amides is 1. The van der Waals surface area contributed by atoms with Crippen LogP contribution in [0.15, 0.2) is 52.9 Å². The number of carbonyl (C=O) groups is 1. The van der Waals surface area contributed by atoms with Crippen LogP contribution in [0.4, 0.5) is 4.39 Å². The van der Waals surface area contributed by atoms with Crippen LogP contribution in [0.3, 0.4) is 0 Å². The Morgan fingerprint density at radius 3 is 2.89 bits per heavy atom. The minimum Gasteiger partial charge on any atom is -0.349 e. The van der Waals surface area contributed by atoms with Crippen molar-refractivity contribution in [1.82, 2.24) is 15.1 Å². The zero-order valence-corrected chi connectivity index (χ0v) is 17.4. The second-order valence-corrected chi connectivity index (χ2v) is 9.37. The Balaban J connectivity index is 1.39. The Morgan fingerprint density at radius 2 is 2.07 bits per heavy atom. The van der Waals surface area contributed by atoms with Crippen molar-refractivity contribution in [3.63, 3.8) is 0 Å². The molecule has 2 aromatic carbocycles. The van der Waals surface area contributed by atoms with Crippen LogP contribution in [0.25, 0.3) is 5.69 Å². The monoisotopic (exact) mass is 431 g/mol. The van der Waals surface area contributed by atoms with Crippen molar-refractivity contribution >= 4 is 41.2 Å². The molecule has 0 spiro atoms. The lowest BCUT2D eigenvalue weighted by Gasteiger charge is -2.26. The highest BCUT2D eigenvalue weighted by Gasteiger charge is 2.21. The molecule has 1 heterocycles. The molecular formula is C20H18FN3OS3. The van der Waals surface area contributed by atoms with Gasteiger partial charge in [0.1, 0.15) is 5.82 Å². The summed E-state index contributed by atoms with van der Waals surface area (Å²) in [6.07, 6.45) is 3.12. The molecule has 1 aromatic heterocycles. The van der Waals surface area contributed by atoms with Gasteiger partial charge in [-0.2, -0.15) is 0 Å². The van der Waals surface area contributed by atoms with E-state index < -0.39 is 0 Å². The average Bonchev–Trinajstić information content (AvgIpc) is 3.08. The van der Waals surface area contributed by atoms with Gasteiger partial charge in [0, 0.05) is 0 Å². The van der Waals surface area contributed by atoms with Crippen molar-refractivity contribution in [2.75, 3.05) is 5.75 Å². The van der Waals surface area contributed by atoms with E-state index in [1.54, 1.807) is 16.8 Å². The Labute approximate surface area is 175 Å². The zero-order chi connectivity index (χ0) is 19.5. The van der Waals surface area contributed by atoms with Crippen LogP contribution < -0.4 is 5.32 Å². The highest BCUT2D eigenvalue weighted by atomic mass is 32.2. The number of halogens is 1. The molecule has 1 amide bonds. The van der Waals surface area contributed by atoms with Crippen molar-refractivity contribution in [3.8, 4) is 5.69 Å². The fourth-order valence-corrected chi connectivity index (χ4v) is 5.50. The predicted molar refractivity (Wildman–Crippen MR) is 113 cm³/mol. The summed E-state index contributed by atoms with van der Waals surface area (Å²) in [4.78, 5) is 12.5. The Bertz CT molecular complexity index is 1050. The van der Waals surface area contributed by atoms with Gasteiger partial charge in [0.25, 0.3) is 0 Å². The van der Waals surface area contributed by atoms with Crippen LogP contribution in [0.2, 0.25) is 0 Å². The second-order valence-electron chi connectivity index (χ2n) is 6.52. The van der Waals surface area contributed by atoms with Crippen molar-refractivity contribution < 1.29 is 9.18 Å². The zero-order valence-electron chi connectivity index (χ0n) is 14.9. The van der Waals surface area contributed by atoms with E-state index in [9.17, 15) is 9.18 Å². The second kappa shape index (κ2) is 8.55. The molecule has 0 aliphatic heterocycles. The van der Waals surface area contributed by atoms with E-state index in [0.717, 1.165) is 19.3 Å². The molecule has 0 fully saturated rings. The number of nitrogens with one attached hydrogen (secondary N) is 1. The van der Waals surface area contributed by atoms with Crippen LogP contribution in [0.1, 0.15) is 30.0 Å². The van der Waals surface area contributed by atoms with Crippen molar-refractivity contribution in [1.29, 1.82) is 0 Å². The van der Waals surface area contributed by atoms with Gasteiger partial charge in [-0.25, -0.2) is 9.07 Å². The van der Waals surface area contributed by atoms with E-state index in [0.29, 0.717) is 14.0 Å². The third kappa shape index (κ3) is 4.34. The van der Waals surface area contributed by atoms with E-state index in [-0.39, 0.29) is 23.5 Å². The van der Waals surface area contributed by atoms with Gasteiger partial charge in [0.2, 0.25) is 5.91 Å². The maximum absolute atomic E-state index is 13.1. The minimum atomic E-state index is -0.305. The molecule has 4 rings (SSSR count).